The van der Waals surface area contributed by atoms with Crippen LogP contribution >= 0.6 is 0 Å². The van der Waals surface area contributed by atoms with Gasteiger partial charge in [-0.05, 0) is 62.1 Å². The average Bonchev–Trinajstić information content (AvgIpc) is 3.52. The average molecular weight is 397 g/mol. The van der Waals surface area contributed by atoms with E-state index in [1.54, 1.807) is 18.2 Å². The first-order valence-corrected chi connectivity index (χ1v) is 10.2. The summed E-state index contributed by atoms with van der Waals surface area (Å²) in [6, 6.07) is 14.4. The highest BCUT2D eigenvalue weighted by molar-refractivity contribution is 5.94. The Morgan fingerprint density at radius 3 is 2.48 bits per heavy atom. The number of carbonyl (C=O) groups excluding carboxylic acids is 1. The summed E-state index contributed by atoms with van der Waals surface area (Å²) in [7, 11) is 0. The molecule has 1 aliphatic rings. The van der Waals surface area contributed by atoms with E-state index in [1.165, 1.54) is 6.07 Å². The molecule has 1 saturated carbocycles. The maximum absolute atomic E-state index is 13.6. The van der Waals surface area contributed by atoms with Gasteiger partial charge in [0, 0.05) is 30.6 Å². The summed E-state index contributed by atoms with van der Waals surface area (Å²) < 4.78 is 13.6. The lowest BCUT2D eigenvalue weighted by Gasteiger charge is -2.19. The summed E-state index contributed by atoms with van der Waals surface area (Å²) >= 11 is 0. The van der Waals surface area contributed by atoms with E-state index in [2.05, 4.69) is 20.9 Å². The molecule has 1 amide bonds. The zero-order chi connectivity index (χ0) is 20.7. The summed E-state index contributed by atoms with van der Waals surface area (Å²) in [6.45, 7) is 6.44. The van der Waals surface area contributed by atoms with Crippen molar-refractivity contribution in [1.82, 2.24) is 16.0 Å². The number of rotatable bonds is 8. The monoisotopic (exact) mass is 396 g/mol. The molecule has 0 aliphatic heterocycles. The van der Waals surface area contributed by atoms with E-state index in [1.807, 2.05) is 38.1 Å². The third-order valence-corrected chi connectivity index (χ3v) is 5.18. The highest BCUT2D eigenvalue weighted by Crippen LogP contribution is 2.47. The minimum atomic E-state index is -0.193. The molecular weight excluding hydrogens is 367 g/mol. The van der Waals surface area contributed by atoms with Gasteiger partial charge in [-0.2, -0.15) is 0 Å². The number of benzene rings is 2. The largest absolute Gasteiger partial charge is 0.357 e. The first-order valence-electron chi connectivity index (χ1n) is 10.2. The van der Waals surface area contributed by atoms with Gasteiger partial charge in [0.05, 0.1) is 6.54 Å². The smallest absolute Gasteiger partial charge is 0.251 e. The summed E-state index contributed by atoms with van der Waals surface area (Å²) in [4.78, 5) is 16.7. The fraction of sp³-hybridized carbons (Fsp3) is 0.391. The molecule has 6 heteroatoms. The van der Waals surface area contributed by atoms with E-state index in [0.29, 0.717) is 25.2 Å². The second-order valence-electron chi connectivity index (χ2n) is 7.40. The number of guanidine groups is 1. The van der Waals surface area contributed by atoms with Crippen molar-refractivity contribution in [2.45, 2.75) is 38.6 Å². The normalized spacial score (nSPS) is 14.9. The van der Waals surface area contributed by atoms with Crippen LogP contribution < -0.4 is 16.0 Å². The molecule has 154 valence electrons. The van der Waals surface area contributed by atoms with Crippen LogP contribution in [0.2, 0.25) is 0 Å². The minimum absolute atomic E-state index is 0.0174. The summed E-state index contributed by atoms with van der Waals surface area (Å²) in [5, 5.41) is 9.48. The van der Waals surface area contributed by atoms with Crippen molar-refractivity contribution in [3.63, 3.8) is 0 Å². The van der Waals surface area contributed by atoms with Crippen molar-refractivity contribution in [2.24, 2.45) is 4.99 Å². The van der Waals surface area contributed by atoms with E-state index in [-0.39, 0.29) is 17.1 Å². The predicted octanol–water partition coefficient (Wildman–Crippen LogP) is 3.36. The Morgan fingerprint density at radius 2 is 1.79 bits per heavy atom. The fourth-order valence-corrected chi connectivity index (χ4v) is 3.38. The molecule has 2 aromatic rings. The van der Waals surface area contributed by atoms with Gasteiger partial charge >= 0.3 is 0 Å². The number of nitrogens with one attached hydrogen (secondary N) is 3. The molecule has 0 bridgehead atoms. The molecule has 0 aromatic heterocycles. The summed E-state index contributed by atoms with van der Waals surface area (Å²) in [5.74, 6) is 0.453. The van der Waals surface area contributed by atoms with Crippen LogP contribution in [0.25, 0.3) is 0 Å². The van der Waals surface area contributed by atoms with Crippen LogP contribution in [0.1, 0.15) is 48.2 Å². The molecular formula is C23H29FN4O. The van der Waals surface area contributed by atoms with Gasteiger partial charge < -0.3 is 16.0 Å². The predicted molar refractivity (Wildman–Crippen MR) is 115 cm³/mol. The molecule has 2 aromatic carbocycles. The Labute approximate surface area is 171 Å². The van der Waals surface area contributed by atoms with Crippen LogP contribution in [-0.4, -0.2) is 31.5 Å². The summed E-state index contributed by atoms with van der Waals surface area (Å²) in [6.07, 6.45) is 2.08. The fourth-order valence-electron chi connectivity index (χ4n) is 3.38. The number of hydrogen-bond donors (Lipinski definition) is 3. The Morgan fingerprint density at radius 1 is 1.03 bits per heavy atom. The van der Waals surface area contributed by atoms with Crippen LogP contribution in [0.4, 0.5) is 4.39 Å². The molecule has 0 atom stereocenters. The lowest BCUT2D eigenvalue weighted by atomic mass is 9.96. The van der Waals surface area contributed by atoms with Gasteiger partial charge in [0.15, 0.2) is 5.96 Å². The van der Waals surface area contributed by atoms with Crippen LogP contribution in [0.15, 0.2) is 53.5 Å². The molecule has 0 unspecified atom stereocenters. The lowest BCUT2D eigenvalue weighted by Crippen LogP contribution is -2.41. The number of hydrogen-bond acceptors (Lipinski definition) is 2. The van der Waals surface area contributed by atoms with Gasteiger partial charge in [-0.3, -0.25) is 4.79 Å². The maximum Gasteiger partial charge on any atom is 0.251 e. The van der Waals surface area contributed by atoms with Crippen molar-refractivity contribution < 1.29 is 9.18 Å². The molecule has 29 heavy (non-hydrogen) atoms. The number of nitrogens with zero attached hydrogens (tertiary/aromatic N) is 1. The molecule has 3 rings (SSSR count). The molecule has 1 fully saturated rings. The number of carbonyl (C=O) groups is 1. The Balaban J connectivity index is 1.65. The second-order valence-corrected chi connectivity index (χ2v) is 7.40. The molecule has 0 spiro atoms. The number of halogens is 1. The van der Waals surface area contributed by atoms with Crippen LogP contribution in [0.3, 0.4) is 0 Å². The van der Waals surface area contributed by atoms with Gasteiger partial charge in [0.2, 0.25) is 0 Å². The van der Waals surface area contributed by atoms with E-state index in [0.717, 1.165) is 36.5 Å². The molecule has 3 N–H and O–H groups in total. The van der Waals surface area contributed by atoms with Crippen LogP contribution in [0.5, 0.6) is 0 Å². The van der Waals surface area contributed by atoms with Gasteiger partial charge in [0.25, 0.3) is 5.91 Å². The van der Waals surface area contributed by atoms with Gasteiger partial charge in [-0.15, -0.1) is 0 Å². The zero-order valence-corrected chi connectivity index (χ0v) is 17.1. The van der Waals surface area contributed by atoms with Gasteiger partial charge in [0.1, 0.15) is 5.82 Å². The summed E-state index contributed by atoms with van der Waals surface area (Å²) in [5.41, 5.74) is 2.63. The maximum atomic E-state index is 13.6. The lowest BCUT2D eigenvalue weighted by molar-refractivity contribution is 0.0955. The second kappa shape index (κ2) is 9.54. The zero-order valence-electron chi connectivity index (χ0n) is 17.1. The quantitative estimate of drug-likeness (QED) is 0.474. The van der Waals surface area contributed by atoms with Crippen molar-refractivity contribution in [2.75, 3.05) is 19.6 Å². The molecule has 0 radical (unpaired) electrons. The molecule has 5 nitrogen and oxygen atoms in total. The number of amides is 1. The van der Waals surface area contributed by atoms with E-state index in [9.17, 15) is 9.18 Å². The highest BCUT2D eigenvalue weighted by Gasteiger charge is 2.44. The molecule has 1 aliphatic carbocycles. The van der Waals surface area contributed by atoms with E-state index in [4.69, 9.17) is 0 Å². The van der Waals surface area contributed by atoms with Gasteiger partial charge in [-0.25, -0.2) is 9.38 Å². The van der Waals surface area contributed by atoms with Crippen molar-refractivity contribution in [3.05, 3.63) is 71.0 Å². The SMILES string of the molecule is CCNC(=O)c1cccc(CN=C(NCC)NCC2(c3cccc(F)c3)CC2)c1. The first kappa shape index (κ1) is 20.8. The topological polar surface area (TPSA) is 65.5 Å². The van der Waals surface area contributed by atoms with E-state index >= 15 is 0 Å². The Bertz CT molecular complexity index is 877. The Kier molecular flexibility index (Phi) is 6.86. The van der Waals surface area contributed by atoms with Crippen LogP contribution in [-0.2, 0) is 12.0 Å². The molecule has 0 heterocycles. The first-order chi connectivity index (χ1) is 14.1. The standard InChI is InChI=1S/C23H29FN4O/c1-3-25-21(29)18-8-5-7-17(13-18)15-27-22(26-4-2)28-16-23(11-12-23)19-9-6-10-20(24)14-19/h5-10,13-14H,3-4,11-12,15-16H2,1-2H3,(H,25,29)(H2,26,27,28). The number of aliphatic imine (C=N–C) groups is 1. The highest BCUT2D eigenvalue weighted by atomic mass is 19.1. The van der Waals surface area contributed by atoms with E-state index < -0.39 is 0 Å². The Hall–Kier alpha value is -2.89. The van der Waals surface area contributed by atoms with Crippen molar-refractivity contribution >= 4 is 11.9 Å². The van der Waals surface area contributed by atoms with Crippen molar-refractivity contribution in [1.29, 1.82) is 0 Å². The molecule has 0 saturated heterocycles. The third kappa shape index (κ3) is 5.56. The van der Waals surface area contributed by atoms with Crippen LogP contribution in [0, 0.1) is 5.82 Å². The van der Waals surface area contributed by atoms with Gasteiger partial charge in [-0.1, -0.05) is 24.3 Å². The third-order valence-electron chi connectivity index (χ3n) is 5.18. The van der Waals surface area contributed by atoms with Crippen molar-refractivity contribution in [3.8, 4) is 0 Å². The minimum Gasteiger partial charge on any atom is -0.357 e.